The van der Waals surface area contributed by atoms with E-state index >= 15 is 0 Å². The van der Waals surface area contributed by atoms with Crippen LogP contribution in [0.15, 0.2) is 42.7 Å². The van der Waals surface area contributed by atoms with Crippen molar-refractivity contribution >= 4 is 21.1 Å². The van der Waals surface area contributed by atoms with Crippen molar-refractivity contribution in [2.75, 3.05) is 21.3 Å². The van der Waals surface area contributed by atoms with Crippen molar-refractivity contribution in [2.45, 2.75) is 25.4 Å². The Morgan fingerprint density at radius 1 is 1.07 bits per heavy atom. The van der Waals surface area contributed by atoms with Crippen molar-refractivity contribution in [3.63, 3.8) is 0 Å². The first-order valence-electron chi connectivity index (χ1n) is 9.63. The van der Waals surface area contributed by atoms with E-state index in [9.17, 15) is 8.42 Å². The Labute approximate surface area is 176 Å². The van der Waals surface area contributed by atoms with E-state index in [4.69, 9.17) is 9.47 Å². The summed E-state index contributed by atoms with van der Waals surface area (Å²) in [6.07, 6.45) is 3.32. The average molecular weight is 429 g/mol. The number of methoxy groups -OCH3 is 2. The number of hydrogen-bond acceptors (Lipinski definition) is 6. The van der Waals surface area contributed by atoms with Crippen molar-refractivity contribution in [1.82, 2.24) is 19.0 Å². The first-order chi connectivity index (χ1) is 14.5. The van der Waals surface area contributed by atoms with Crippen molar-refractivity contribution in [3.8, 4) is 22.8 Å². The van der Waals surface area contributed by atoms with Crippen molar-refractivity contribution in [2.24, 2.45) is 0 Å². The minimum Gasteiger partial charge on any atom is -0.493 e. The third-order valence-corrected chi connectivity index (χ3v) is 6.79. The van der Waals surface area contributed by atoms with Gasteiger partial charge in [0.05, 0.1) is 25.4 Å². The van der Waals surface area contributed by atoms with Gasteiger partial charge in [0.1, 0.15) is 6.33 Å². The fraction of sp³-hybridized carbons (Fsp3) is 0.333. The molecule has 0 atom stereocenters. The number of benzene rings is 2. The number of nitrogens with one attached hydrogen (secondary N) is 1. The minimum atomic E-state index is -3.46. The number of rotatable bonds is 8. The molecule has 0 amide bonds. The maximum absolute atomic E-state index is 12.3. The van der Waals surface area contributed by atoms with Gasteiger partial charge in [-0.3, -0.25) is 0 Å². The number of nitrogens with zero attached hydrogens (tertiary/aromatic N) is 3. The predicted molar refractivity (Wildman–Crippen MR) is 115 cm³/mol. The van der Waals surface area contributed by atoms with Gasteiger partial charge in [0, 0.05) is 36.7 Å². The fourth-order valence-electron chi connectivity index (χ4n) is 3.45. The van der Waals surface area contributed by atoms with Gasteiger partial charge in [-0.1, -0.05) is 24.3 Å². The van der Waals surface area contributed by atoms with Crippen LogP contribution in [-0.4, -0.2) is 50.0 Å². The quantitative estimate of drug-likeness (QED) is 0.593. The molecule has 1 saturated carbocycles. The Balaban J connectivity index is 1.66. The molecule has 0 aliphatic heterocycles. The highest BCUT2D eigenvalue weighted by molar-refractivity contribution is 7.87. The van der Waals surface area contributed by atoms with Gasteiger partial charge in [0.2, 0.25) is 0 Å². The monoisotopic (exact) mass is 428 g/mol. The van der Waals surface area contributed by atoms with Crippen LogP contribution in [0.2, 0.25) is 0 Å². The molecule has 1 aliphatic carbocycles. The van der Waals surface area contributed by atoms with E-state index < -0.39 is 10.2 Å². The molecule has 1 aromatic heterocycles. The number of hydrogen-bond donors (Lipinski definition) is 1. The molecule has 8 nitrogen and oxygen atoms in total. The average Bonchev–Trinajstić information content (AvgIpc) is 3.61. The standard InChI is InChI=1S/C21H24N4O4S/c1-22-30(26,27)25(16-8-9-16)12-14-4-6-15(7-5-14)21-17-10-19(28-2)20(29-3)11-18(17)23-13-24-21/h4-7,10-11,13,16,22H,8-9,12H2,1-3H3. The number of ether oxygens (including phenoxy) is 2. The molecule has 0 radical (unpaired) electrons. The highest BCUT2D eigenvalue weighted by Gasteiger charge is 2.36. The molecule has 1 fully saturated rings. The highest BCUT2D eigenvalue weighted by atomic mass is 32.2. The molecule has 0 spiro atoms. The summed E-state index contributed by atoms with van der Waals surface area (Å²) < 4.78 is 39.3. The van der Waals surface area contributed by atoms with Gasteiger partial charge in [-0.25, -0.2) is 14.7 Å². The zero-order valence-corrected chi connectivity index (χ0v) is 17.9. The Kier molecular flexibility index (Phi) is 5.59. The van der Waals surface area contributed by atoms with Crippen LogP contribution in [0.4, 0.5) is 0 Å². The summed E-state index contributed by atoms with van der Waals surface area (Å²) in [4.78, 5) is 8.81. The molecule has 0 unspecified atom stereocenters. The molecule has 0 saturated heterocycles. The van der Waals surface area contributed by atoms with Gasteiger partial charge in [0.25, 0.3) is 10.2 Å². The first-order valence-corrected chi connectivity index (χ1v) is 11.1. The molecule has 158 valence electrons. The van der Waals surface area contributed by atoms with Crippen LogP contribution in [0.3, 0.4) is 0 Å². The second kappa shape index (κ2) is 8.17. The van der Waals surface area contributed by atoms with Crippen LogP contribution in [0, 0.1) is 0 Å². The lowest BCUT2D eigenvalue weighted by atomic mass is 10.0. The molecule has 1 heterocycles. The van der Waals surface area contributed by atoms with E-state index in [0.29, 0.717) is 18.0 Å². The summed E-state index contributed by atoms with van der Waals surface area (Å²) in [5.74, 6) is 1.21. The molecule has 2 aromatic carbocycles. The van der Waals surface area contributed by atoms with Crippen LogP contribution in [-0.2, 0) is 16.8 Å². The lowest BCUT2D eigenvalue weighted by Gasteiger charge is -2.21. The summed E-state index contributed by atoms with van der Waals surface area (Å²) in [6, 6.07) is 11.5. The molecule has 4 rings (SSSR count). The third kappa shape index (κ3) is 3.96. The van der Waals surface area contributed by atoms with E-state index in [0.717, 1.165) is 40.6 Å². The Bertz CT molecular complexity index is 1160. The van der Waals surface area contributed by atoms with Crippen LogP contribution in [0.25, 0.3) is 22.2 Å². The van der Waals surface area contributed by atoms with Gasteiger partial charge in [-0.05, 0) is 24.5 Å². The molecular weight excluding hydrogens is 404 g/mol. The van der Waals surface area contributed by atoms with Crippen LogP contribution >= 0.6 is 0 Å². The van der Waals surface area contributed by atoms with Gasteiger partial charge in [-0.2, -0.15) is 12.7 Å². The zero-order chi connectivity index (χ0) is 21.3. The van der Waals surface area contributed by atoms with E-state index in [1.165, 1.54) is 17.7 Å². The van der Waals surface area contributed by atoms with Gasteiger partial charge < -0.3 is 9.47 Å². The van der Waals surface area contributed by atoms with E-state index in [-0.39, 0.29) is 6.04 Å². The molecule has 0 bridgehead atoms. The normalized spacial score (nSPS) is 14.3. The van der Waals surface area contributed by atoms with Gasteiger partial charge >= 0.3 is 0 Å². The van der Waals surface area contributed by atoms with Gasteiger partial charge in [0.15, 0.2) is 11.5 Å². The first kappa shape index (κ1) is 20.5. The number of aromatic nitrogens is 2. The van der Waals surface area contributed by atoms with E-state index in [1.807, 2.05) is 36.4 Å². The Morgan fingerprint density at radius 3 is 2.33 bits per heavy atom. The third-order valence-electron chi connectivity index (χ3n) is 5.23. The largest absolute Gasteiger partial charge is 0.493 e. The molecule has 1 aliphatic rings. The molecule has 30 heavy (non-hydrogen) atoms. The lowest BCUT2D eigenvalue weighted by Crippen LogP contribution is -2.39. The van der Waals surface area contributed by atoms with E-state index in [1.54, 1.807) is 14.2 Å². The van der Waals surface area contributed by atoms with Crippen molar-refractivity contribution < 1.29 is 17.9 Å². The SMILES string of the molecule is CNS(=O)(=O)N(Cc1ccc(-c2ncnc3cc(OC)c(OC)cc23)cc1)C1CC1. The summed E-state index contributed by atoms with van der Waals surface area (Å²) in [5, 5.41) is 0.847. The number of fused-ring (bicyclic) bond motifs is 1. The molecule has 1 N–H and O–H groups in total. The molecule has 3 aromatic rings. The van der Waals surface area contributed by atoms with Crippen LogP contribution in [0.1, 0.15) is 18.4 Å². The van der Waals surface area contributed by atoms with Crippen LogP contribution in [0.5, 0.6) is 11.5 Å². The van der Waals surface area contributed by atoms with Crippen LogP contribution < -0.4 is 14.2 Å². The predicted octanol–water partition coefficient (Wildman–Crippen LogP) is 2.74. The lowest BCUT2D eigenvalue weighted by molar-refractivity contribution is 0.356. The van der Waals surface area contributed by atoms with Crippen molar-refractivity contribution in [3.05, 3.63) is 48.3 Å². The molecule has 9 heteroatoms. The van der Waals surface area contributed by atoms with Crippen molar-refractivity contribution in [1.29, 1.82) is 0 Å². The second-order valence-corrected chi connectivity index (χ2v) is 8.96. The zero-order valence-electron chi connectivity index (χ0n) is 17.1. The maximum Gasteiger partial charge on any atom is 0.279 e. The second-order valence-electron chi connectivity index (χ2n) is 7.13. The maximum atomic E-state index is 12.3. The van der Waals surface area contributed by atoms with E-state index in [2.05, 4.69) is 14.7 Å². The fourth-order valence-corrected chi connectivity index (χ4v) is 4.61. The summed E-state index contributed by atoms with van der Waals surface area (Å²) in [6.45, 7) is 0.337. The Morgan fingerprint density at radius 2 is 1.73 bits per heavy atom. The summed E-state index contributed by atoms with van der Waals surface area (Å²) in [5.41, 5.74) is 3.35. The summed E-state index contributed by atoms with van der Waals surface area (Å²) in [7, 11) is 1.16. The highest BCUT2D eigenvalue weighted by Crippen LogP contribution is 2.35. The Hall–Kier alpha value is -2.75. The molecular formula is C21H24N4O4S. The van der Waals surface area contributed by atoms with Gasteiger partial charge in [-0.15, -0.1) is 0 Å². The topological polar surface area (TPSA) is 93.7 Å². The smallest absolute Gasteiger partial charge is 0.279 e. The minimum absolute atomic E-state index is 0.0791. The summed E-state index contributed by atoms with van der Waals surface area (Å²) >= 11 is 0.